The first-order valence-electron chi connectivity index (χ1n) is 5.02. The van der Waals surface area contributed by atoms with E-state index in [9.17, 15) is 0 Å². The Balaban J connectivity index is 2.81. The van der Waals surface area contributed by atoms with E-state index in [2.05, 4.69) is 31.2 Å². The first-order chi connectivity index (χ1) is 7.26. The van der Waals surface area contributed by atoms with Gasteiger partial charge in [-0.1, -0.05) is 18.2 Å². The number of aryl methyl sites for hydroxylation is 1. The van der Waals surface area contributed by atoms with Gasteiger partial charge in [0.05, 0.1) is 7.11 Å². The molecule has 0 aliphatic carbocycles. The minimum atomic E-state index is 0.542. The van der Waals surface area contributed by atoms with E-state index in [1.54, 1.807) is 7.11 Å². The van der Waals surface area contributed by atoms with Crippen LogP contribution in [-0.4, -0.2) is 7.11 Å². The molecule has 0 amide bonds. The van der Waals surface area contributed by atoms with Crippen LogP contribution >= 0.6 is 0 Å². The van der Waals surface area contributed by atoms with Gasteiger partial charge in [-0.05, 0) is 35.6 Å². The predicted molar refractivity (Wildman–Crippen MR) is 63.1 cm³/mol. The third-order valence-corrected chi connectivity index (χ3v) is 2.66. The summed E-state index contributed by atoms with van der Waals surface area (Å²) in [7, 11) is 1.70. The second kappa shape index (κ2) is 3.91. The van der Waals surface area contributed by atoms with Crippen molar-refractivity contribution in [2.24, 2.45) is 5.73 Å². The third kappa shape index (κ3) is 1.68. The van der Waals surface area contributed by atoms with Crippen molar-refractivity contribution in [2.75, 3.05) is 7.11 Å². The third-order valence-electron chi connectivity index (χ3n) is 2.66. The molecule has 78 valence electrons. The highest BCUT2D eigenvalue weighted by Crippen LogP contribution is 2.30. The Bertz CT molecular complexity index is 491. The van der Waals surface area contributed by atoms with E-state index in [0.717, 1.165) is 11.3 Å². The number of hydrogen-bond acceptors (Lipinski definition) is 2. The standard InChI is InChI=1S/C13H15NO/c1-9-4-3-5-11-6-10(8-14)7-12(15-2)13(9)11/h3-7H,8,14H2,1-2H3. The van der Waals surface area contributed by atoms with Crippen molar-refractivity contribution >= 4 is 10.8 Å². The Morgan fingerprint density at radius 2 is 2.07 bits per heavy atom. The molecule has 0 aliphatic heterocycles. The Hall–Kier alpha value is -1.54. The average Bonchev–Trinajstić information content (AvgIpc) is 2.27. The molecule has 0 unspecified atom stereocenters. The van der Waals surface area contributed by atoms with Gasteiger partial charge in [-0.25, -0.2) is 0 Å². The highest BCUT2D eigenvalue weighted by atomic mass is 16.5. The van der Waals surface area contributed by atoms with Gasteiger partial charge in [-0.2, -0.15) is 0 Å². The van der Waals surface area contributed by atoms with Gasteiger partial charge in [0.2, 0.25) is 0 Å². The molecular weight excluding hydrogens is 186 g/mol. The van der Waals surface area contributed by atoms with Crippen LogP contribution in [0.15, 0.2) is 30.3 Å². The molecule has 2 heteroatoms. The molecule has 0 heterocycles. The molecule has 2 nitrogen and oxygen atoms in total. The largest absolute Gasteiger partial charge is 0.496 e. The van der Waals surface area contributed by atoms with Crippen LogP contribution in [-0.2, 0) is 6.54 Å². The summed E-state index contributed by atoms with van der Waals surface area (Å²) in [4.78, 5) is 0. The second-order valence-corrected chi connectivity index (χ2v) is 3.68. The van der Waals surface area contributed by atoms with Gasteiger partial charge >= 0.3 is 0 Å². The molecule has 0 saturated heterocycles. The summed E-state index contributed by atoms with van der Waals surface area (Å²) in [5.74, 6) is 0.908. The van der Waals surface area contributed by atoms with Crippen LogP contribution in [0.2, 0.25) is 0 Å². The average molecular weight is 201 g/mol. The highest BCUT2D eigenvalue weighted by molar-refractivity contribution is 5.91. The molecule has 0 atom stereocenters. The summed E-state index contributed by atoms with van der Waals surface area (Å²) in [6.07, 6.45) is 0. The van der Waals surface area contributed by atoms with Crippen LogP contribution in [0.3, 0.4) is 0 Å². The molecule has 0 saturated carbocycles. The van der Waals surface area contributed by atoms with E-state index in [-0.39, 0.29) is 0 Å². The summed E-state index contributed by atoms with van der Waals surface area (Å²) in [6, 6.07) is 10.4. The fraction of sp³-hybridized carbons (Fsp3) is 0.231. The molecule has 0 aliphatic rings. The maximum absolute atomic E-state index is 5.65. The molecule has 0 bridgehead atoms. The van der Waals surface area contributed by atoms with E-state index in [1.807, 2.05) is 6.07 Å². The Labute approximate surface area is 89.7 Å². The molecule has 0 fully saturated rings. The summed E-state index contributed by atoms with van der Waals surface area (Å²) in [5, 5.41) is 2.37. The van der Waals surface area contributed by atoms with E-state index in [0.29, 0.717) is 6.54 Å². The van der Waals surface area contributed by atoms with Crippen LogP contribution in [0.25, 0.3) is 10.8 Å². The Morgan fingerprint density at radius 3 is 2.73 bits per heavy atom. The molecule has 0 spiro atoms. The van der Waals surface area contributed by atoms with E-state index >= 15 is 0 Å². The number of methoxy groups -OCH3 is 1. The molecule has 2 aromatic carbocycles. The lowest BCUT2D eigenvalue weighted by atomic mass is 10.0. The van der Waals surface area contributed by atoms with Gasteiger partial charge in [-0.3, -0.25) is 0 Å². The maximum Gasteiger partial charge on any atom is 0.127 e. The zero-order valence-corrected chi connectivity index (χ0v) is 9.08. The molecule has 2 rings (SSSR count). The first kappa shape index (κ1) is 9.99. The zero-order valence-electron chi connectivity index (χ0n) is 9.08. The van der Waals surface area contributed by atoms with E-state index in [4.69, 9.17) is 10.5 Å². The van der Waals surface area contributed by atoms with Crippen molar-refractivity contribution in [3.63, 3.8) is 0 Å². The van der Waals surface area contributed by atoms with Gasteiger partial charge in [0.15, 0.2) is 0 Å². The first-order valence-corrected chi connectivity index (χ1v) is 5.02. The number of benzene rings is 2. The smallest absolute Gasteiger partial charge is 0.127 e. The van der Waals surface area contributed by atoms with E-state index in [1.165, 1.54) is 16.3 Å². The van der Waals surface area contributed by atoms with Gasteiger partial charge < -0.3 is 10.5 Å². The van der Waals surface area contributed by atoms with Crippen molar-refractivity contribution in [3.8, 4) is 5.75 Å². The zero-order chi connectivity index (χ0) is 10.8. The normalized spacial score (nSPS) is 10.6. The minimum absolute atomic E-state index is 0.542. The van der Waals surface area contributed by atoms with Gasteiger partial charge in [0.25, 0.3) is 0 Å². The summed E-state index contributed by atoms with van der Waals surface area (Å²) >= 11 is 0. The fourth-order valence-corrected chi connectivity index (χ4v) is 1.91. The minimum Gasteiger partial charge on any atom is -0.496 e. The molecule has 0 radical (unpaired) electrons. The highest BCUT2D eigenvalue weighted by Gasteiger charge is 2.05. The molecule has 0 aromatic heterocycles. The summed E-state index contributed by atoms with van der Waals surface area (Å²) < 4.78 is 5.40. The van der Waals surface area contributed by atoms with Crippen LogP contribution in [0.4, 0.5) is 0 Å². The number of hydrogen-bond donors (Lipinski definition) is 1. The lowest BCUT2D eigenvalue weighted by Gasteiger charge is -2.10. The van der Waals surface area contributed by atoms with Crippen LogP contribution in [0.5, 0.6) is 5.75 Å². The predicted octanol–water partition coefficient (Wildman–Crippen LogP) is 2.62. The van der Waals surface area contributed by atoms with Crippen molar-refractivity contribution in [1.82, 2.24) is 0 Å². The lowest BCUT2D eigenvalue weighted by molar-refractivity contribution is 0.419. The lowest BCUT2D eigenvalue weighted by Crippen LogP contribution is -1.97. The molecule has 2 aromatic rings. The van der Waals surface area contributed by atoms with Crippen molar-refractivity contribution < 1.29 is 4.74 Å². The number of ether oxygens (including phenoxy) is 1. The van der Waals surface area contributed by atoms with Crippen molar-refractivity contribution in [1.29, 1.82) is 0 Å². The molecular formula is C13H15NO. The summed E-state index contributed by atoms with van der Waals surface area (Å²) in [6.45, 7) is 2.63. The maximum atomic E-state index is 5.65. The number of rotatable bonds is 2. The van der Waals surface area contributed by atoms with Crippen LogP contribution in [0.1, 0.15) is 11.1 Å². The molecule has 2 N–H and O–H groups in total. The van der Waals surface area contributed by atoms with Gasteiger partial charge in [-0.15, -0.1) is 0 Å². The number of fused-ring (bicyclic) bond motifs is 1. The van der Waals surface area contributed by atoms with Gasteiger partial charge in [0, 0.05) is 11.9 Å². The quantitative estimate of drug-likeness (QED) is 0.810. The SMILES string of the molecule is COc1cc(CN)cc2cccc(C)c12. The second-order valence-electron chi connectivity index (χ2n) is 3.68. The number of nitrogens with two attached hydrogens (primary N) is 1. The molecule has 15 heavy (non-hydrogen) atoms. The fourth-order valence-electron chi connectivity index (χ4n) is 1.91. The van der Waals surface area contributed by atoms with Crippen molar-refractivity contribution in [2.45, 2.75) is 13.5 Å². The Kier molecular flexibility index (Phi) is 2.60. The topological polar surface area (TPSA) is 35.2 Å². The monoisotopic (exact) mass is 201 g/mol. The summed E-state index contributed by atoms with van der Waals surface area (Å²) in [5.41, 5.74) is 7.98. The van der Waals surface area contributed by atoms with Gasteiger partial charge in [0.1, 0.15) is 5.75 Å². The van der Waals surface area contributed by atoms with Crippen molar-refractivity contribution in [3.05, 3.63) is 41.5 Å². The van der Waals surface area contributed by atoms with Crippen LogP contribution < -0.4 is 10.5 Å². The van der Waals surface area contributed by atoms with E-state index < -0.39 is 0 Å². The Morgan fingerprint density at radius 1 is 1.27 bits per heavy atom. The van der Waals surface area contributed by atoms with Crippen LogP contribution in [0, 0.1) is 6.92 Å².